The van der Waals surface area contributed by atoms with Crippen LogP contribution in [0.3, 0.4) is 0 Å². The zero-order valence-electron chi connectivity index (χ0n) is 11.2. The van der Waals surface area contributed by atoms with Crippen molar-refractivity contribution in [2.75, 3.05) is 13.1 Å². The van der Waals surface area contributed by atoms with Crippen molar-refractivity contribution in [2.24, 2.45) is 5.73 Å². The molecule has 0 amide bonds. The monoisotopic (exact) mass is 254 g/mol. The third-order valence-electron chi connectivity index (χ3n) is 3.04. The highest BCUT2D eigenvalue weighted by Crippen LogP contribution is 2.28. The number of nitrogens with zero attached hydrogens (tertiary/aromatic N) is 1. The highest BCUT2D eigenvalue weighted by atomic mass is 35.5. The molecular weight excluding hydrogens is 232 g/mol. The average molecular weight is 255 g/mol. The lowest BCUT2D eigenvalue weighted by molar-refractivity contribution is 0.0919. The molecule has 0 spiro atoms. The second-order valence-electron chi connectivity index (χ2n) is 5.26. The van der Waals surface area contributed by atoms with Crippen molar-refractivity contribution in [3.8, 4) is 0 Å². The molecule has 0 aliphatic rings. The van der Waals surface area contributed by atoms with Crippen LogP contribution in [0.1, 0.15) is 39.3 Å². The van der Waals surface area contributed by atoms with Crippen molar-refractivity contribution in [3.63, 3.8) is 0 Å². The van der Waals surface area contributed by atoms with Crippen molar-refractivity contribution in [2.45, 2.75) is 39.3 Å². The lowest BCUT2D eigenvalue weighted by Gasteiger charge is -2.41. The Morgan fingerprint density at radius 3 is 2.41 bits per heavy atom. The fourth-order valence-corrected chi connectivity index (χ4v) is 2.52. The van der Waals surface area contributed by atoms with Gasteiger partial charge in [0.2, 0.25) is 0 Å². The predicted octanol–water partition coefficient (Wildman–Crippen LogP) is 3.46. The van der Waals surface area contributed by atoms with Crippen molar-refractivity contribution < 1.29 is 0 Å². The molecule has 17 heavy (non-hydrogen) atoms. The summed E-state index contributed by atoms with van der Waals surface area (Å²) in [5, 5.41) is 0.769. The number of hydrogen-bond donors (Lipinski definition) is 1. The highest BCUT2D eigenvalue weighted by molar-refractivity contribution is 6.30. The first-order valence-electron chi connectivity index (χ1n) is 6.12. The molecule has 1 atom stereocenters. The zero-order valence-corrected chi connectivity index (χ0v) is 12.0. The zero-order chi connectivity index (χ0) is 13.1. The Bertz CT molecular complexity index is 357. The Morgan fingerprint density at radius 2 is 2.00 bits per heavy atom. The molecule has 0 saturated carbocycles. The minimum atomic E-state index is 0.0983. The van der Waals surface area contributed by atoms with Gasteiger partial charge in [-0.3, -0.25) is 4.90 Å². The van der Waals surface area contributed by atoms with Gasteiger partial charge in [0.05, 0.1) is 0 Å². The van der Waals surface area contributed by atoms with Gasteiger partial charge in [0, 0.05) is 23.1 Å². The second kappa shape index (κ2) is 5.85. The normalized spacial score (nSPS) is 14.1. The molecule has 1 rings (SSSR count). The fraction of sp³-hybridized carbons (Fsp3) is 0.571. The molecule has 0 aliphatic heterocycles. The van der Waals surface area contributed by atoms with Crippen molar-refractivity contribution in [3.05, 3.63) is 34.9 Å². The van der Waals surface area contributed by atoms with E-state index in [2.05, 4.69) is 38.7 Å². The Hall–Kier alpha value is -0.570. The molecule has 1 aromatic carbocycles. The molecule has 0 saturated heterocycles. The molecule has 96 valence electrons. The first-order chi connectivity index (χ1) is 7.90. The van der Waals surface area contributed by atoms with Gasteiger partial charge in [0.1, 0.15) is 0 Å². The Kier molecular flexibility index (Phi) is 4.99. The van der Waals surface area contributed by atoms with Crippen LogP contribution in [0.2, 0.25) is 5.02 Å². The molecule has 0 bridgehead atoms. The first kappa shape index (κ1) is 14.5. The van der Waals surface area contributed by atoms with E-state index in [1.54, 1.807) is 0 Å². The van der Waals surface area contributed by atoms with Crippen LogP contribution in [-0.2, 0) is 0 Å². The largest absolute Gasteiger partial charge is 0.329 e. The summed E-state index contributed by atoms with van der Waals surface area (Å²) >= 11 is 6.05. The molecule has 0 aliphatic carbocycles. The van der Waals surface area contributed by atoms with Crippen LogP contribution in [0.4, 0.5) is 0 Å². The summed E-state index contributed by atoms with van der Waals surface area (Å²) in [5.41, 5.74) is 7.23. The summed E-state index contributed by atoms with van der Waals surface area (Å²) in [6.07, 6.45) is 0. The number of nitrogens with two attached hydrogens (primary N) is 1. The van der Waals surface area contributed by atoms with Gasteiger partial charge in [0.15, 0.2) is 0 Å². The van der Waals surface area contributed by atoms with Crippen LogP contribution in [0, 0.1) is 0 Å². The van der Waals surface area contributed by atoms with Crippen molar-refractivity contribution in [1.29, 1.82) is 0 Å². The standard InChI is InChI=1S/C14H23ClN2/c1-5-17(14(2,3)4)13(10-16)11-7-6-8-12(15)9-11/h6-9,13H,5,10,16H2,1-4H3. The number of hydrogen-bond acceptors (Lipinski definition) is 2. The van der Waals surface area contributed by atoms with Crippen LogP contribution in [0.5, 0.6) is 0 Å². The van der Waals surface area contributed by atoms with E-state index in [1.807, 2.05) is 18.2 Å². The van der Waals surface area contributed by atoms with E-state index in [0.29, 0.717) is 6.54 Å². The number of halogens is 1. The summed E-state index contributed by atoms with van der Waals surface area (Å²) in [7, 11) is 0. The summed E-state index contributed by atoms with van der Waals surface area (Å²) in [5.74, 6) is 0. The molecule has 0 aromatic heterocycles. The minimum Gasteiger partial charge on any atom is -0.329 e. The third kappa shape index (κ3) is 3.70. The lowest BCUT2D eigenvalue weighted by Crippen LogP contribution is -2.46. The molecule has 2 N–H and O–H groups in total. The molecular formula is C14H23ClN2. The summed E-state index contributed by atoms with van der Waals surface area (Å²) in [6.45, 7) is 10.4. The lowest BCUT2D eigenvalue weighted by atomic mass is 9.98. The molecule has 0 heterocycles. The smallest absolute Gasteiger partial charge is 0.0476 e. The van der Waals surface area contributed by atoms with Crippen molar-refractivity contribution >= 4 is 11.6 Å². The van der Waals surface area contributed by atoms with Gasteiger partial charge in [-0.15, -0.1) is 0 Å². The van der Waals surface area contributed by atoms with E-state index >= 15 is 0 Å². The molecule has 0 fully saturated rings. The van der Waals surface area contributed by atoms with Gasteiger partial charge in [-0.05, 0) is 45.0 Å². The summed E-state index contributed by atoms with van der Waals surface area (Å²) < 4.78 is 0. The van der Waals surface area contributed by atoms with Crippen LogP contribution < -0.4 is 5.73 Å². The SMILES string of the molecule is CCN(C(CN)c1cccc(Cl)c1)C(C)(C)C. The van der Waals surface area contributed by atoms with Gasteiger partial charge in [-0.1, -0.05) is 30.7 Å². The second-order valence-corrected chi connectivity index (χ2v) is 5.70. The number of benzene rings is 1. The van der Waals surface area contributed by atoms with Crippen LogP contribution >= 0.6 is 11.6 Å². The Labute approximate surface area is 110 Å². The van der Waals surface area contributed by atoms with Crippen LogP contribution in [0.15, 0.2) is 24.3 Å². The van der Waals surface area contributed by atoms with E-state index in [4.69, 9.17) is 17.3 Å². The third-order valence-corrected chi connectivity index (χ3v) is 3.27. The van der Waals surface area contributed by atoms with E-state index in [1.165, 1.54) is 5.56 Å². The first-order valence-corrected chi connectivity index (χ1v) is 6.50. The van der Waals surface area contributed by atoms with E-state index < -0.39 is 0 Å². The van der Waals surface area contributed by atoms with E-state index in [9.17, 15) is 0 Å². The van der Waals surface area contributed by atoms with Gasteiger partial charge in [-0.2, -0.15) is 0 Å². The maximum atomic E-state index is 6.05. The van der Waals surface area contributed by atoms with Gasteiger partial charge in [0.25, 0.3) is 0 Å². The van der Waals surface area contributed by atoms with Crippen LogP contribution in [0.25, 0.3) is 0 Å². The molecule has 1 aromatic rings. The van der Waals surface area contributed by atoms with Gasteiger partial charge in [-0.25, -0.2) is 0 Å². The molecule has 3 heteroatoms. The summed E-state index contributed by atoms with van der Waals surface area (Å²) in [4.78, 5) is 2.40. The van der Waals surface area contributed by atoms with E-state index in [-0.39, 0.29) is 11.6 Å². The maximum absolute atomic E-state index is 6.05. The maximum Gasteiger partial charge on any atom is 0.0476 e. The Morgan fingerprint density at radius 1 is 1.35 bits per heavy atom. The van der Waals surface area contributed by atoms with Crippen LogP contribution in [-0.4, -0.2) is 23.5 Å². The number of likely N-dealkylation sites (N-methyl/N-ethyl adjacent to an activating group) is 1. The minimum absolute atomic E-state index is 0.0983. The Balaban J connectivity index is 3.05. The number of rotatable bonds is 4. The highest BCUT2D eigenvalue weighted by Gasteiger charge is 2.27. The van der Waals surface area contributed by atoms with Gasteiger partial charge >= 0.3 is 0 Å². The van der Waals surface area contributed by atoms with E-state index in [0.717, 1.165) is 11.6 Å². The topological polar surface area (TPSA) is 29.3 Å². The van der Waals surface area contributed by atoms with Crippen molar-refractivity contribution in [1.82, 2.24) is 4.90 Å². The quantitative estimate of drug-likeness (QED) is 0.892. The average Bonchev–Trinajstić information content (AvgIpc) is 2.23. The fourth-order valence-electron chi connectivity index (χ4n) is 2.32. The van der Waals surface area contributed by atoms with Gasteiger partial charge < -0.3 is 5.73 Å². The molecule has 2 nitrogen and oxygen atoms in total. The summed E-state index contributed by atoms with van der Waals surface area (Å²) in [6, 6.07) is 8.20. The predicted molar refractivity (Wildman–Crippen MR) is 75.4 cm³/mol. The molecule has 0 radical (unpaired) electrons. The molecule has 1 unspecified atom stereocenters.